The van der Waals surface area contributed by atoms with Crippen molar-refractivity contribution in [2.45, 2.75) is 13.3 Å². The summed E-state index contributed by atoms with van der Waals surface area (Å²) in [5, 5.41) is 0. The second-order valence-corrected chi connectivity index (χ2v) is 3.23. The molecule has 0 aromatic heterocycles. The Morgan fingerprint density at radius 3 is 2.46 bits per heavy atom. The molecule has 2 nitrogen and oxygen atoms in total. The van der Waals surface area contributed by atoms with Crippen molar-refractivity contribution < 1.29 is 4.79 Å². The summed E-state index contributed by atoms with van der Waals surface area (Å²) in [6.45, 7) is 2.03. The third-order valence-electron chi connectivity index (χ3n) is 2.18. The fraction of sp³-hybridized carbons (Fsp3) is 0.364. The van der Waals surface area contributed by atoms with Gasteiger partial charge in [0.05, 0.1) is 0 Å². The molecule has 0 radical (unpaired) electrons. The molecule has 0 heterocycles. The Hall–Kier alpha value is -1.15. The van der Waals surface area contributed by atoms with Crippen molar-refractivity contribution in [2.24, 2.45) is 11.7 Å². The molecule has 0 amide bonds. The van der Waals surface area contributed by atoms with Gasteiger partial charge in [0, 0.05) is 12.5 Å². The topological polar surface area (TPSA) is 43.1 Å². The number of benzene rings is 1. The van der Waals surface area contributed by atoms with Gasteiger partial charge in [-0.25, -0.2) is 0 Å². The summed E-state index contributed by atoms with van der Waals surface area (Å²) < 4.78 is 0. The van der Waals surface area contributed by atoms with Crippen LogP contribution in [0.25, 0.3) is 0 Å². The smallest absolute Gasteiger partial charge is 0.134 e. The SMILES string of the molecule is CC(=O)[C@@H](CN)Cc1ccccc1. The number of carbonyl (C=O) groups is 1. The van der Waals surface area contributed by atoms with Crippen LogP contribution in [0.3, 0.4) is 0 Å². The standard InChI is InChI=1S/C11H15NO/c1-9(13)11(8-12)7-10-5-3-2-4-6-10/h2-6,11H,7-8,12H2,1H3/t11-/m1/s1. The first-order valence-corrected chi connectivity index (χ1v) is 4.48. The Labute approximate surface area is 78.8 Å². The summed E-state index contributed by atoms with van der Waals surface area (Å²) in [5.41, 5.74) is 6.67. The molecular formula is C11H15NO. The van der Waals surface area contributed by atoms with Gasteiger partial charge >= 0.3 is 0 Å². The van der Waals surface area contributed by atoms with Crippen LogP contribution in [0.1, 0.15) is 12.5 Å². The van der Waals surface area contributed by atoms with Crippen LogP contribution in [0.4, 0.5) is 0 Å². The minimum atomic E-state index is -0.0256. The number of hydrogen-bond acceptors (Lipinski definition) is 2. The van der Waals surface area contributed by atoms with Crippen LogP contribution in [-0.4, -0.2) is 12.3 Å². The van der Waals surface area contributed by atoms with Gasteiger partial charge < -0.3 is 5.73 Å². The van der Waals surface area contributed by atoms with Crippen LogP contribution in [-0.2, 0) is 11.2 Å². The highest BCUT2D eigenvalue weighted by Gasteiger charge is 2.11. The fourth-order valence-electron chi connectivity index (χ4n) is 1.29. The molecule has 13 heavy (non-hydrogen) atoms. The third-order valence-corrected chi connectivity index (χ3v) is 2.18. The highest BCUT2D eigenvalue weighted by atomic mass is 16.1. The van der Waals surface area contributed by atoms with Crippen LogP contribution >= 0.6 is 0 Å². The highest BCUT2D eigenvalue weighted by molar-refractivity contribution is 5.78. The average Bonchev–Trinajstić information content (AvgIpc) is 2.15. The van der Waals surface area contributed by atoms with Crippen molar-refractivity contribution in [1.82, 2.24) is 0 Å². The van der Waals surface area contributed by atoms with Crippen LogP contribution in [0.15, 0.2) is 30.3 Å². The van der Waals surface area contributed by atoms with E-state index in [-0.39, 0.29) is 11.7 Å². The van der Waals surface area contributed by atoms with E-state index < -0.39 is 0 Å². The van der Waals surface area contributed by atoms with E-state index >= 15 is 0 Å². The molecule has 2 heteroatoms. The van der Waals surface area contributed by atoms with E-state index in [1.54, 1.807) is 6.92 Å². The lowest BCUT2D eigenvalue weighted by molar-refractivity contribution is -0.120. The summed E-state index contributed by atoms with van der Waals surface area (Å²) in [4.78, 5) is 11.1. The number of ketones is 1. The van der Waals surface area contributed by atoms with Gasteiger partial charge in [0.15, 0.2) is 0 Å². The number of carbonyl (C=O) groups excluding carboxylic acids is 1. The van der Waals surface area contributed by atoms with E-state index in [1.165, 1.54) is 5.56 Å². The van der Waals surface area contributed by atoms with E-state index in [0.717, 1.165) is 6.42 Å². The van der Waals surface area contributed by atoms with Crippen LogP contribution in [0.2, 0.25) is 0 Å². The second kappa shape index (κ2) is 4.77. The van der Waals surface area contributed by atoms with E-state index in [4.69, 9.17) is 5.73 Å². The Kier molecular flexibility index (Phi) is 3.65. The molecule has 2 N–H and O–H groups in total. The quantitative estimate of drug-likeness (QED) is 0.755. The van der Waals surface area contributed by atoms with Gasteiger partial charge in [0.1, 0.15) is 5.78 Å². The minimum absolute atomic E-state index is 0.0256. The molecule has 0 bridgehead atoms. The molecule has 0 spiro atoms. The number of nitrogens with two attached hydrogens (primary N) is 1. The van der Waals surface area contributed by atoms with E-state index in [0.29, 0.717) is 6.54 Å². The molecule has 0 aliphatic carbocycles. The second-order valence-electron chi connectivity index (χ2n) is 3.23. The summed E-state index contributed by atoms with van der Waals surface area (Å²) in [6.07, 6.45) is 0.757. The maximum absolute atomic E-state index is 11.1. The lowest BCUT2D eigenvalue weighted by Gasteiger charge is -2.10. The van der Waals surface area contributed by atoms with Crippen molar-refractivity contribution >= 4 is 5.78 Å². The summed E-state index contributed by atoms with van der Waals surface area (Å²) in [5.74, 6) is 0.147. The molecule has 70 valence electrons. The van der Waals surface area contributed by atoms with Gasteiger partial charge in [-0.05, 0) is 18.9 Å². The van der Waals surface area contributed by atoms with Gasteiger partial charge in [-0.2, -0.15) is 0 Å². The monoisotopic (exact) mass is 177 g/mol. The van der Waals surface area contributed by atoms with Crippen LogP contribution in [0, 0.1) is 5.92 Å². The first kappa shape index (κ1) is 9.93. The molecule has 0 fully saturated rings. The maximum Gasteiger partial charge on any atom is 0.134 e. The van der Waals surface area contributed by atoms with Crippen LogP contribution in [0.5, 0.6) is 0 Å². The largest absolute Gasteiger partial charge is 0.330 e. The number of rotatable bonds is 4. The molecule has 1 atom stereocenters. The zero-order chi connectivity index (χ0) is 9.68. The summed E-state index contributed by atoms with van der Waals surface area (Å²) >= 11 is 0. The molecule has 0 saturated heterocycles. The lowest BCUT2D eigenvalue weighted by atomic mass is 9.96. The normalized spacial score (nSPS) is 12.5. The summed E-state index contributed by atoms with van der Waals surface area (Å²) in [7, 11) is 0. The first-order valence-electron chi connectivity index (χ1n) is 4.48. The first-order chi connectivity index (χ1) is 6.24. The van der Waals surface area contributed by atoms with Crippen molar-refractivity contribution in [2.75, 3.05) is 6.54 Å². The van der Waals surface area contributed by atoms with Gasteiger partial charge in [-0.15, -0.1) is 0 Å². The Morgan fingerprint density at radius 2 is 2.00 bits per heavy atom. The Bertz CT molecular complexity index is 269. The van der Waals surface area contributed by atoms with Gasteiger partial charge in [0.25, 0.3) is 0 Å². The van der Waals surface area contributed by atoms with Crippen molar-refractivity contribution in [1.29, 1.82) is 0 Å². The Balaban J connectivity index is 2.62. The van der Waals surface area contributed by atoms with Crippen molar-refractivity contribution in [3.63, 3.8) is 0 Å². The van der Waals surface area contributed by atoms with Gasteiger partial charge in [-0.1, -0.05) is 30.3 Å². The van der Waals surface area contributed by atoms with E-state index in [9.17, 15) is 4.79 Å². The molecule has 1 aromatic rings. The molecule has 0 aliphatic rings. The zero-order valence-electron chi connectivity index (χ0n) is 7.86. The van der Waals surface area contributed by atoms with Gasteiger partial charge in [-0.3, -0.25) is 4.79 Å². The Morgan fingerprint density at radius 1 is 1.38 bits per heavy atom. The highest BCUT2D eigenvalue weighted by Crippen LogP contribution is 2.08. The minimum Gasteiger partial charge on any atom is -0.330 e. The van der Waals surface area contributed by atoms with E-state index in [2.05, 4.69) is 0 Å². The van der Waals surface area contributed by atoms with E-state index in [1.807, 2.05) is 30.3 Å². The van der Waals surface area contributed by atoms with Crippen molar-refractivity contribution in [3.8, 4) is 0 Å². The number of Topliss-reactive ketones (excluding diaryl/α,β-unsaturated/α-hetero) is 1. The molecule has 0 aliphatic heterocycles. The molecule has 1 aromatic carbocycles. The molecule has 0 saturated carbocycles. The predicted octanol–water partition coefficient (Wildman–Crippen LogP) is 1.39. The van der Waals surface area contributed by atoms with Crippen LogP contribution < -0.4 is 5.73 Å². The maximum atomic E-state index is 11.1. The average molecular weight is 177 g/mol. The molecule has 0 unspecified atom stereocenters. The predicted molar refractivity (Wildman–Crippen MR) is 53.4 cm³/mol. The van der Waals surface area contributed by atoms with Crippen molar-refractivity contribution in [3.05, 3.63) is 35.9 Å². The number of hydrogen-bond donors (Lipinski definition) is 1. The molecule has 1 rings (SSSR count). The summed E-state index contributed by atoms with van der Waals surface area (Å²) in [6, 6.07) is 9.96. The fourth-order valence-corrected chi connectivity index (χ4v) is 1.29. The third kappa shape index (κ3) is 2.99. The lowest BCUT2D eigenvalue weighted by Crippen LogP contribution is -2.23. The zero-order valence-corrected chi connectivity index (χ0v) is 7.86. The van der Waals surface area contributed by atoms with Gasteiger partial charge in [0.2, 0.25) is 0 Å². The molecular weight excluding hydrogens is 162 g/mol.